The van der Waals surface area contributed by atoms with Gasteiger partial charge in [0.1, 0.15) is 12.7 Å². The molecule has 1 aliphatic heterocycles. The van der Waals surface area contributed by atoms with Gasteiger partial charge in [0.05, 0.1) is 10.9 Å². The van der Waals surface area contributed by atoms with Crippen LogP contribution in [0.5, 0.6) is 0 Å². The average molecular weight is 439 g/mol. The van der Waals surface area contributed by atoms with Gasteiger partial charge in [0, 0.05) is 22.9 Å². The van der Waals surface area contributed by atoms with E-state index in [1.807, 2.05) is 13.8 Å². The molecule has 8 heteroatoms. The van der Waals surface area contributed by atoms with Crippen molar-refractivity contribution >= 4 is 23.3 Å². The first kappa shape index (κ1) is 22.2. The first-order chi connectivity index (χ1) is 14.1. The summed E-state index contributed by atoms with van der Waals surface area (Å²) in [5.41, 5.74) is 2.59. The second-order valence-electron chi connectivity index (χ2n) is 7.26. The molecular formula is C22H22ClF3N2O2. The van der Waals surface area contributed by atoms with Crippen LogP contribution in [0.4, 0.5) is 18.0 Å². The first-order valence-electron chi connectivity index (χ1n) is 9.42. The number of alkyl carbamates (subject to hydrolysis) is 1. The Labute approximate surface area is 177 Å². The number of aryl methyl sites for hydroxylation is 2. The van der Waals surface area contributed by atoms with Crippen LogP contribution in [0.3, 0.4) is 0 Å². The van der Waals surface area contributed by atoms with Gasteiger partial charge < -0.3 is 10.1 Å². The maximum atomic E-state index is 15.2. The van der Waals surface area contributed by atoms with Gasteiger partial charge in [-0.2, -0.15) is 8.78 Å². The van der Waals surface area contributed by atoms with Gasteiger partial charge in [0.15, 0.2) is 6.10 Å². The number of carbonyl (C=O) groups excluding carboxylic acids is 1. The second-order valence-corrected chi connectivity index (χ2v) is 7.69. The monoisotopic (exact) mass is 438 g/mol. The van der Waals surface area contributed by atoms with Gasteiger partial charge in [-0.1, -0.05) is 29.8 Å². The SMILES string of the molecule is CNC(=O)OC(CF)C1=c2cccc(-c3c(C)cc(Cl)cc3C)c2=NC(C)C1(F)F. The van der Waals surface area contributed by atoms with Crippen LogP contribution < -0.4 is 15.9 Å². The van der Waals surface area contributed by atoms with Crippen LogP contribution >= 0.6 is 11.6 Å². The van der Waals surface area contributed by atoms with Crippen LogP contribution in [0, 0.1) is 13.8 Å². The van der Waals surface area contributed by atoms with Crippen molar-refractivity contribution < 1.29 is 22.7 Å². The smallest absolute Gasteiger partial charge is 0.407 e. The van der Waals surface area contributed by atoms with E-state index in [-0.39, 0.29) is 5.22 Å². The fourth-order valence-electron chi connectivity index (χ4n) is 3.86. The van der Waals surface area contributed by atoms with Crippen LogP contribution in [0.1, 0.15) is 18.1 Å². The molecule has 0 radical (unpaired) electrons. The molecule has 0 saturated heterocycles. The highest BCUT2D eigenvalue weighted by atomic mass is 35.5. The van der Waals surface area contributed by atoms with Crippen LogP contribution in [0.25, 0.3) is 16.7 Å². The van der Waals surface area contributed by atoms with Crippen LogP contribution in [0.2, 0.25) is 5.02 Å². The van der Waals surface area contributed by atoms with Gasteiger partial charge in [-0.05, 0) is 49.6 Å². The Morgan fingerprint density at radius 2 is 1.93 bits per heavy atom. The topological polar surface area (TPSA) is 50.7 Å². The number of carbonyl (C=O) groups is 1. The van der Waals surface area contributed by atoms with Crippen molar-refractivity contribution in [3.05, 3.63) is 57.1 Å². The minimum Gasteiger partial charge on any atom is -0.439 e. The molecule has 4 nitrogen and oxygen atoms in total. The van der Waals surface area contributed by atoms with Gasteiger partial charge in [0.2, 0.25) is 0 Å². The minimum absolute atomic E-state index is 0.0657. The molecule has 0 aliphatic carbocycles. The quantitative estimate of drug-likeness (QED) is 0.780. The molecule has 0 saturated carbocycles. The van der Waals surface area contributed by atoms with E-state index in [0.29, 0.717) is 15.9 Å². The van der Waals surface area contributed by atoms with Crippen molar-refractivity contribution in [2.45, 2.75) is 38.8 Å². The van der Waals surface area contributed by atoms with Crippen molar-refractivity contribution in [2.24, 2.45) is 4.99 Å². The van der Waals surface area contributed by atoms with Gasteiger partial charge in [-0.3, -0.25) is 4.99 Å². The standard InChI is InChI=1S/C22H22ClF3N2O2/c1-11-8-14(23)9-12(2)18(11)15-6-5-7-16-19(17(10-24)30-21(29)27-4)22(25,26)13(3)28-20(15)16/h5-9,13,17H,10H2,1-4H3,(H,27,29). The molecule has 1 N–H and O–H groups in total. The molecule has 2 aromatic carbocycles. The number of hydrogen-bond donors (Lipinski definition) is 1. The second kappa shape index (κ2) is 8.30. The predicted molar refractivity (Wildman–Crippen MR) is 110 cm³/mol. The van der Waals surface area contributed by atoms with Crippen LogP contribution in [0.15, 0.2) is 35.3 Å². The number of ether oxygens (including phenoxy) is 1. The predicted octanol–water partition coefficient (Wildman–Crippen LogP) is 4.13. The third kappa shape index (κ3) is 3.78. The lowest BCUT2D eigenvalue weighted by molar-refractivity contribution is 0.0155. The molecule has 1 amide bonds. The summed E-state index contributed by atoms with van der Waals surface area (Å²) in [6.45, 7) is 3.72. The van der Waals surface area contributed by atoms with Gasteiger partial charge in [-0.25, -0.2) is 9.18 Å². The van der Waals surface area contributed by atoms with Crippen LogP contribution in [-0.2, 0) is 4.74 Å². The number of rotatable bonds is 4. The summed E-state index contributed by atoms with van der Waals surface area (Å²) in [4.78, 5) is 15.9. The Hall–Kier alpha value is -2.54. The summed E-state index contributed by atoms with van der Waals surface area (Å²) < 4.78 is 49.0. The largest absolute Gasteiger partial charge is 0.439 e. The molecule has 2 aromatic rings. The van der Waals surface area contributed by atoms with Gasteiger partial charge in [0.25, 0.3) is 5.92 Å². The lowest BCUT2D eigenvalue weighted by Gasteiger charge is -2.31. The highest BCUT2D eigenvalue weighted by Crippen LogP contribution is 2.36. The fourth-order valence-corrected chi connectivity index (χ4v) is 4.19. The molecule has 2 atom stereocenters. The number of alkyl halides is 3. The molecule has 0 aromatic heterocycles. The Balaban J connectivity index is 2.39. The summed E-state index contributed by atoms with van der Waals surface area (Å²) in [6.07, 6.45) is -2.72. The van der Waals surface area contributed by atoms with Crippen molar-refractivity contribution in [1.82, 2.24) is 5.32 Å². The average Bonchev–Trinajstić information content (AvgIpc) is 2.67. The number of halogens is 4. The highest BCUT2D eigenvalue weighted by Gasteiger charge is 2.48. The zero-order valence-electron chi connectivity index (χ0n) is 17.0. The molecule has 0 fully saturated rings. The lowest BCUT2D eigenvalue weighted by Crippen LogP contribution is -2.51. The third-order valence-electron chi connectivity index (χ3n) is 5.22. The Morgan fingerprint density at radius 3 is 2.50 bits per heavy atom. The van der Waals surface area contributed by atoms with E-state index in [0.717, 1.165) is 16.7 Å². The minimum atomic E-state index is -3.49. The Bertz CT molecular complexity index is 1090. The summed E-state index contributed by atoms with van der Waals surface area (Å²) in [5.74, 6) is -3.49. The number of para-hydroxylation sites is 1. The maximum absolute atomic E-state index is 15.2. The molecule has 30 heavy (non-hydrogen) atoms. The van der Waals surface area contributed by atoms with Crippen molar-refractivity contribution in [3.63, 3.8) is 0 Å². The summed E-state index contributed by atoms with van der Waals surface area (Å²) in [5, 5.41) is 3.12. The maximum Gasteiger partial charge on any atom is 0.407 e. The molecule has 1 heterocycles. The summed E-state index contributed by atoms with van der Waals surface area (Å²) >= 11 is 6.14. The number of fused-ring (bicyclic) bond motifs is 1. The summed E-state index contributed by atoms with van der Waals surface area (Å²) in [6, 6.07) is 6.95. The van der Waals surface area contributed by atoms with E-state index >= 15 is 8.78 Å². The molecule has 0 bridgehead atoms. The first-order valence-corrected chi connectivity index (χ1v) is 9.80. The van der Waals surface area contributed by atoms with Gasteiger partial charge in [-0.15, -0.1) is 0 Å². The van der Waals surface area contributed by atoms with E-state index < -0.39 is 36.4 Å². The number of hydrogen-bond acceptors (Lipinski definition) is 3. The molecule has 2 unspecified atom stereocenters. The number of benzene rings is 2. The zero-order chi connectivity index (χ0) is 22.2. The number of amides is 1. The lowest BCUT2D eigenvalue weighted by atomic mass is 9.88. The van der Waals surface area contributed by atoms with Crippen LogP contribution in [-0.4, -0.2) is 37.9 Å². The third-order valence-corrected chi connectivity index (χ3v) is 5.43. The zero-order valence-corrected chi connectivity index (χ0v) is 17.8. The van der Waals surface area contributed by atoms with Gasteiger partial charge >= 0.3 is 6.09 Å². The van der Waals surface area contributed by atoms with E-state index in [2.05, 4.69) is 10.3 Å². The molecule has 0 spiro atoms. The highest BCUT2D eigenvalue weighted by molar-refractivity contribution is 6.30. The number of nitrogens with one attached hydrogen (secondary N) is 1. The van der Waals surface area contributed by atoms with Crippen molar-refractivity contribution in [2.75, 3.05) is 13.7 Å². The van der Waals surface area contributed by atoms with E-state index in [1.54, 1.807) is 24.3 Å². The van der Waals surface area contributed by atoms with E-state index in [4.69, 9.17) is 16.3 Å². The van der Waals surface area contributed by atoms with Crippen molar-refractivity contribution in [1.29, 1.82) is 0 Å². The van der Waals surface area contributed by atoms with E-state index in [1.165, 1.54) is 20.0 Å². The molecular weight excluding hydrogens is 417 g/mol. The normalized spacial score (nSPS) is 18.3. The Morgan fingerprint density at radius 1 is 1.30 bits per heavy atom. The summed E-state index contributed by atoms with van der Waals surface area (Å²) in [7, 11) is 1.28. The number of nitrogens with zero attached hydrogens (tertiary/aromatic N) is 1. The molecule has 1 aliphatic rings. The Kier molecular flexibility index (Phi) is 6.13. The molecule has 160 valence electrons. The fraction of sp³-hybridized carbons (Fsp3) is 0.364. The van der Waals surface area contributed by atoms with E-state index in [9.17, 15) is 9.18 Å². The molecule has 3 rings (SSSR count). The van der Waals surface area contributed by atoms with Crippen molar-refractivity contribution in [3.8, 4) is 11.1 Å².